The molecule has 6 heteroatoms. The first-order valence-electron chi connectivity index (χ1n) is 6.46. The lowest BCUT2D eigenvalue weighted by Gasteiger charge is -2.20. The van der Waals surface area contributed by atoms with Crippen LogP contribution in [0.5, 0.6) is 0 Å². The van der Waals surface area contributed by atoms with Gasteiger partial charge >= 0.3 is 0 Å². The molecule has 3 rings (SSSR count). The van der Waals surface area contributed by atoms with E-state index in [1.807, 2.05) is 12.1 Å². The molecule has 1 aliphatic rings. The van der Waals surface area contributed by atoms with Crippen LogP contribution in [0.15, 0.2) is 53.5 Å². The number of aliphatic imine (C=N–C) groups is 1. The molecule has 22 heavy (non-hydrogen) atoms. The number of halogens is 3. The Morgan fingerprint density at radius 1 is 1.09 bits per heavy atom. The van der Waals surface area contributed by atoms with E-state index in [4.69, 9.17) is 28.9 Å². The van der Waals surface area contributed by atoms with Crippen molar-refractivity contribution in [2.75, 3.05) is 0 Å². The lowest BCUT2D eigenvalue weighted by atomic mass is 10.1. The number of thioether (sulfide) groups is 1. The van der Waals surface area contributed by atoms with Crippen LogP contribution >= 0.6 is 35.0 Å². The average Bonchev–Trinajstić information content (AvgIpc) is 2.47. The first-order valence-corrected chi connectivity index (χ1v) is 8.10. The molecule has 1 unspecified atom stereocenters. The largest absolute Gasteiger partial charge is 0.378 e. The van der Waals surface area contributed by atoms with Gasteiger partial charge in [-0.1, -0.05) is 41.0 Å². The van der Waals surface area contributed by atoms with Gasteiger partial charge < -0.3 is 5.73 Å². The number of hydrogen-bond acceptors (Lipinski definition) is 3. The van der Waals surface area contributed by atoms with Gasteiger partial charge in [0.1, 0.15) is 5.82 Å². The molecule has 0 aliphatic carbocycles. The van der Waals surface area contributed by atoms with Crippen molar-refractivity contribution in [2.45, 2.75) is 5.25 Å². The number of nitrogens with zero attached hydrogens (tertiary/aromatic N) is 1. The Bertz CT molecular complexity index is 772. The van der Waals surface area contributed by atoms with Crippen molar-refractivity contribution < 1.29 is 4.39 Å². The van der Waals surface area contributed by atoms with Gasteiger partial charge in [-0.25, -0.2) is 9.38 Å². The van der Waals surface area contributed by atoms with E-state index in [2.05, 4.69) is 4.99 Å². The summed E-state index contributed by atoms with van der Waals surface area (Å²) in [4.78, 5) is 4.33. The minimum atomic E-state index is -0.288. The summed E-state index contributed by atoms with van der Waals surface area (Å²) in [5.74, 6) is -0.288. The fourth-order valence-corrected chi connectivity index (χ4v) is 3.69. The zero-order chi connectivity index (χ0) is 15.7. The molecule has 2 N–H and O–H groups in total. The SMILES string of the molecule is NC1=NC(c2ccc(F)cc2)=CC(c2ccc(Cl)cc2Cl)S1. The quantitative estimate of drug-likeness (QED) is 0.798. The second-order valence-corrected chi connectivity index (χ2v) is 6.72. The standard InChI is InChI=1S/C16H11Cl2FN2S/c17-10-3-6-12(13(18)7-10)15-8-14(21-16(20)22-15)9-1-4-11(19)5-2-9/h1-8,15H,(H2,20,21). The molecule has 0 aromatic heterocycles. The van der Waals surface area contributed by atoms with E-state index in [-0.39, 0.29) is 11.1 Å². The predicted molar refractivity (Wildman–Crippen MR) is 92.8 cm³/mol. The van der Waals surface area contributed by atoms with E-state index < -0.39 is 0 Å². The Balaban J connectivity index is 2.00. The van der Waals surface area contributed by atoms with Gasteiger partial charge in [0.15, 0.2) is 5.17 Å². The Hall–Kier alpha value is -1.49. The van der Waals surface area contributed by atoms with Crippen molar-refractivity contribution in [1.29, 1.82) is 0 Å². The average molecular weight is 353 g/mol. The summed E-state index contributed by atoms with van der Waals surface area (Å²) in [6.07, 6.45) is 1.96. The van der Waals surface area contributed by atoms with Gasteiger partial charge in [0, 0.05) is 15.6 Å². The molecule has 0 spiro atoms. The second kappa shape index (κ2) is 6.32. The first-order chi connectivity index (χ1) is 10.5. The minimum Gasteiger partial charge on any atom is -0.378 e. The fraction of sp³-hybridized carbons (Fsp3) is 0.0625. The third-order valence-corrected chi connectivity index (χ3v) is 4.74. The Labute approximate surface area is 141 Å². The van der Waals surface area contributed by atoms with E-state index in [9.17, 15) is 4.39 Å². The maximum Gasteiger partial charge on any atom is 0.160 e. The van der Waals surface area contributed by atoms with Crippen molar-refractivity contribution >= 4 is 45.8 Å². The number of hydrogen-bond donors (Lipinski definition) is 1. The number of nitrogens with two attached hydrogens (primary N) is 1. The molecule has 0 radical (unpaired) electrons. The summed E-state index contributed by atoms with van der Waals surface area (Å²) in [7, 11) is 0. The Kier molecular flexibility index (Phi) is 4.43. The van der Waals surface area contributed by atoms with Crippen LogP contribution in [0.1, 0.15) is 16.4 Å². The third kappa shape index (κ3) is 3.29. The molecule has 2 nitrogen and oxygen atoms in total. The molecule has 0 bridgehead atoms. The number of benzene rings is 2. The molecule has 0 saturated heterocycles. The molecule has 0 saturated carbocycles. The van der Waals surface area contributed by atoms with Crippen LogP contribution in [0.4, 0.5) is 4.39 Å². The number of rotatable bonds is 2. The van der Waals surface area contributed by atoms with Crippen LogP contribution in [0.2, 0.25) is 10.0 Å². The summed E-state index contributed by atoms with van der Waals surface area (Å²) < 4.78 is 13.0. The lowest BCUT2D eigenvalue weighted by molar-refractivity contribution is 0.627. The van der Waals surface area contributed by atoms with Crippen LogP contribution in [0.25, 0.3) is 5.70 Å². The summed E-state index contributed by atoms with van der Waals surface area (Å²) in [5, 5.41) is 1.54. The van der Waals surface area contributed by atoms with Gasteiger partial charge in [-0.15, -0.1) is 0 Å². The normalized spacial score (nSPS) is 17.9. The number of amidine groups is 1. The van der Waals surface area contributed by atoms with Crippen molar-refractivity contribution in [3.05, 3.63) is 75.5 Å². The Morgan fingerprint density at radius 3 is 2.50 bits per heavy atom. The fourth-order valence-electron chi connectivity index (χ4n) is 2.16. The molecule has 2 aromatic carbocycles. The van der Waals surface area contributed by atoms with Gasteiger partial charge in [-0.3, -0.25) is 0 Å². The highest BCUT2D eigenvalue weighted by molar-refractivity contribution is 8.14. The molecule has 2 aromatic rings. The topological polar surface area (TPSA) is 38.4 Å². The molecular weight excluding hydrogens is 342 g/mol. The molecular formula is C16H11Cl2FN2S. The minimum absolute atomic E-state index is 0.0673. The van der Waals surface area contributed by atoms with Crippen LogP contribution in [0, 0.1) is 5.82 Å². The molecule has 1 heterocycles. The van der Waals surface area contributed by atoms with E-state index in [1.54, 1.807) is 24.3 Å². The summed E-state index contributed by atoms with van der Waals surface area (Å²) >= 11 is 13.6. The predicted octanol–water partition coefficient (Wildman–Crippen LogP) is 5.28. The van der Waals surface area contributed by atoms with Crippen LogP contribution < -0.4 is 5.73 Å². The maximum atomic E-state index is 13.0. The zero-order valence-electron chi connectivity index (χ0n) is 11.3. The molecule has 1 aliphatic heterocycles. The molecule has 0 fully saturated rings. The van der Waals surface area contributed by atoms with Gasteiger partial charge in [0.2, 0.25) is 0 Å². The van der Waals surface area contributed by atoms with E-state index in [0.717, 1.165) is 11.1 Å². The van der Waals surface area contributed by atoms with E-state index in [1.165, 1.54) is 23.9 Å². The molecule has 112 valence electrons. The summed E-state index contributed by atoms with van der Waals surface area (Å²) in [5.41, 5.74) is 8.35. The highest BCUT2D eigenvalue weighted by atomic mass is 35.5. The monoisotopic (exact) mass is 352 g/mol. The van der Waals surface area contributed by atoms with Gasteiger partial charge in [0.05, 0.1) is 10.9 Å². The van der Waals surface area contributed by atoms with E-state index >= 15 is 0 Å². The maximum absolute atomic E-state index is 13.0. The summed E-state index contributed by atoms with van der Waals surface area (Å²) in [6, 6.07) is 11.5. The highest BCUT2D eigenvalue weighted by Gasteiger charge is 2.21. The van der Waals surface area contributed by atoms with E-state index in [0.29, 0.717) is 20.9 Å². The zero-order valence-corrected chi connectivity index (χ0v) is 13.6. The van der Waals surface area contributed by atoms with Gasteiger partial charge in [-0.05, 0) is 48.0 Å². The second-order valence-electron chi connectivity index (χ2n) is 4.71. The van der Waals surface area contributed by atoms with Gasteiger partial charge in [-0.2, -0.15) is 0 Å². The van der Waals surface area contributed by atoms with Crippen molar-refractivity contribution in [1.82, 2.24) is 0 Å². The van der Waals surface area contributed by atoms with Crippen molar-refractivity contribution in [3.8, 4) is 0 Å². The van der Waals surface area contributed by atoms with Gasteiger partial charge in [0.25, 0.3) is 0 Å². The highest BCUT2D eigenvalue weighted by Crippen LogP contribution is 2.40. The Morgan fingerprint density at radius 2 is 1.82 bits per heavy atom. The lowest BCUT2D eigenvalue weighted by Crippen LogP contribution is -2.13. The summed E-state index contributed by atoms with van der Waals surface area (Å²) in [6.45, 7) is 0. The third-order valence-electron chi connectivity index (χ3n) is 3.20. The first kappa shape index (κ1) is 15.4. The van der Waals surface area contributed by atoms with Crippen LogP contribution in [-0.4, -0.2) is 5.17 Å². The van der Waals surface area contributed by atoms with Crippen LogP contribution in [-0.2, 0) is 0 Å². The van der Waals surface area contributed by atoms with Crippen LogP contribution in [0.3, 0.4) is 0 Å². The molecule has 0 amide bonds. The molecule has 1 atom stereocenters. The van der Waals surface area contributed by atoms with Crippen molar-refractivity contribution in [3.63, 3.8) is 0 Å². The van der Waals surface area contributed by atoms with Crippen molar-refractivity contribution in [2.24, 2.45) is 10.7 Å². The smallest absolute Gasteiger partial charge is 0.160 e.